The first-order valence-electron chi connectivity index (χ1n) is 4.92. The van der Waals surface area contributed by atoms with Crippen LogP contribution >= 0.6 is 27.7 Å². The second-order valence-electron chi connectivity index (χ2n) is 3.27. The molecule has 18 heavy (non-hydrogen) atoms. The van der Waals surface area contributed by atoms with Crippen molar-refractivity contribution in [1.29, 1.82) is 0 Å². The van der Waals surface area contributed by atoms with Crippen molar-refractivity contribution in [2.24, 2.45) is 10.9 Å². The van der Waals surface area contributed by atoms with E-state index in [1.807, 2.05) is 12.1 Å². The standard InChI is InChI=1S/C11H9BrN4OS/c12-9-5-7(1-2-8(9)11(13)16-17)18-10-6-14-3-4-15-10/h1-6,17H,(H2,13,16). The summed E-state index contributed by atoms with van der Waals surface area (Å²) in [6.45, 7) is 0. The second kappa shape index (κ2) is 5.83. The molecule has 0 unspecified atom stereocenters. The van der Waals surface area contributed by atoms with Gasteiger partial charge in [-0.25, -0.2) is 4.98 Å². The van der Waals surface area contributed by atoms with Gasteiger partial charge >= 0.3 is 0 Å². The van der Waals surface area contributed by atoms with Crippen molar-refractivity contribution in [3.63, 3.8) is 0 Å². The number of oxime groups is 1. The van der Waals surface area contributed by atoms with Crippen molar-refractivity contribution in [3.05, 3.63) is 46.8 Å². The normalized spacial score (nSPS) is 11.5. The molecule has 2 rings (SSSR count). The average Bonchev–Trinajstić information content (AvgIpc) is 2.39. The first-order valence-corrected chi connectivity index (χ1v) is 6.53. The zero-order valence-electron chi connectivity index (χ0n) is 9.12. The molecule has 1 aromatic heterocycles. The number of rotatable bonds is 3. The maximum atomic E-state index is 8.64. The molecule has 2 aromatic rings. The summed E-state index contributed by atoms with van der Waals surface area (Å²) in [7, 11) is 0. The molecule has 0 saturated carbocycles. The Balaban J connectivity index is 2.25. The van der Waals surface area contributed by atoms with Gasteiger partial charge in [0.15, 0.2) is 5.84 Å². The molecule has 0 fully saturated rings. The Kier molecular flexibility index (Phi) is 4.16. The van der Waals surface area contributed by atoms with Crippen LogP contribution in [0, 0.1) is 0 Å². The molecule has 1 heterocycles. The fourth-order valence-corrected chi connectivity index (χ4v) is 2.79. The lowest BCUT2D eigenvalue weighted by Crippen LogP contribution is -2.13. The predicted octanol–water partition coefficient (Wildman–Crippen LogP) is 2.48. The van der Waals surface area contributed by atoms with E-state index in [0.717, 1.165) is 14.4 Å². The summed E-state index contributed by atoms with van der Waals surface area (Å²) in [5, 5.41) is 12.4. The van der Waals surface area contributed by atoms with Crippen LogP contribution in [0.2, 0.25) is 0 Å². The zero-order chi connectivity index (χ0) is 13.0. The van der Waals surface area contributed by atoms with Gasteiger partial charge in [-0.3, -0.25) is 4.98 Å². The van der Waals surface area contributed by atoms with Gasteiger partial charge in [0.25, 0.3) is 0 Å². The van der Waals surface area contributed by atoms with Gasteiger partial charge < -0.3 is 10.9 Å². The first-order chi connectivity index (χ1) is 8.70. The number of hydrogen-bond acceptors (Lipinski definition) is 5. The van der Waals surface area contributed by atoms with Crippen molar-refractivity contribution in [1.82, 2.24) is 9.97 Å². The SMILES string of the molecule is N/C(=N/O)c1ccc(Sc2cnccn2)cc1Br. The molecule has 5 nitrogen and oxygen atoms in total. The van der Waals surface area contributed by atoms with Gasteiger partial charge in [0.2, 0.25) is 0 Å². The highest BCUT2D eigenvalue weighted by atomic mass is 79.9. The second-order valence-corrected chi connectivity index (χ2v) is 5.22. The lowest BCUT2D eigenvalue weighted by molar-refractivity contribution is 0.318. The number of benzene rings is 1. The molecule has 92 valence electrons. The lowest BCUT2D eigenvalue weighted by atomic mass is 10.2. The molecule has 0 aliphatic rings. The highest BCUT2D eigenvalue weighted by Crippen LogP contribution is 2.29. The topological polar surface area (TPSA) is 84.4 Å². The average molecular weight is 325 g/mol. The molecular weight excluding hydrogens is 316 g/mol. The summed E-state index contributed by atoms with van der Waals surface area (Å²) in [5.74, 6) is 0.0675. The summed E-state index contributed by atoms with van der Waals surface area (Å²) in [6.07, 6.45) is 4.96. The van der Waals surface area contributed by atoms with Crippen LogP contribution in [-0.4, -0.2) is 21.0 Å². The van der Waals surface area contributed by atoms with Crippen LogP contribution in [-0.2, 0) is 0 Å². The molecule has 1 aromatic carbocycles. The van der Waals surface area contributed by atoms with Crippen molar-refractivity contribution in [2.45, 2.75) is 9.92 Å². The molecule has 0 radical (unpaired) electrons. The van der Waals surface area contributed by atoms with Crippen LogP contribution in [0.15, 0.2) is 56.3 Å². The number of halogens is 1. The van der Waals surface area contributed by atoms with E-state index in [1.54, 1.807) is 24.7 Å². The van der Waals surface area contributed by atoms with Gasteiger partial charge in [0.05, 0.1) is 6.20 Å². The van der Waals surface area contributed by atoms with Crippen LogP contribution in [0.3, 0.4) is 0 Å². The van der Waals surface area contributed by atoms with Crippen molar-refractivity contribution < 1.29 is 5.21 Å². The Labute approximate surface area is 116 Å². The smallest absolute Gasteiger partial charge is 0.171 e. The van der Waals surface area contributed by atoms with E-state index >= 15 is 0 Å². The summed E-state index contributed by atoms with van der Waals surface area (Å²) >= 11 is 4.86. The fraction of sp³-hybridized carbons (Fsp3) is 0. The van der Waals surface area contributed by atoms with Gasteiger partial charge in [-0.1, -0.05) is 16.9 Å². The van der Waals surface area contributed by atoms with E-state index < -0.39 is 0 Å². The van der Waals surface area contributed by atoms with Crippen molar-refractivity contribution in [2.75, 3.05) is 0 Å². The molecule has 0 spiro atoms. The monoisotopic (exact) mass is 324 g/mol. The van der Waals surface area contributed by atoms with Crippen molar-refractivity contribution in [3.8, 4) is 0 Å². The summed E-state index contributed by atoms with van der Waals surface area (Å²) in [6, 6.07) is 5.53. The third kappa shape index (κ3) is 2.99. The Hall–Kier alpha value is -1.60. The highest BCUT2D eigenvalue weighted by molar-refractivity contribution is 9.10. The fourth-order valence-electron chi connectivity index (χ4n) is 1.28. The van der Waals surface area contributed by atoms with E-state index in [1.165, 1.54) is 11.8 Å². The molecule has 3 N–H and O–H groups in total. The van der Waals surface area contributed by atoms with Gasteiger partial charge in [0, 0.05) is 27.3 Å². The Morgan fingerprint density at radius 2 is 2.22 bits per heavy atom. The first kappa shape index (κ1) is 12.8. The quantitative estimate of drug-likeness (QED) is 0.392. The molecule has 0 atom stereocenters. The third-order valence-electron chi connectivity index (χ3n) is 2.09. The molecule has 7 heteroatoms. The minimum atomic E-state index is 0.0675. The highest BCUT2D eigenvalue weighted by Gasteiger charge is 2.07. The Morgan fingerprint density at radius 1 is 1.39 bits per heavy atom. The van der Waals surface area contributed by atoms with Gasteiger partial charge in [0.1, 0.15) is 5.03 Å². The van der Waals surface area contributed by atoms with E-state index in [2.05, 4.69) is 31.1 Å². The molecule has 0 amide bonds. The van der Waals surface area contributed by atoms with Gasteiger partial charge in [-0.15, -0.1) is 0 Å². The number of aromatic nitrogens is 2. The maximum absolute atomic E-state index is 8.64. The third-order valence-corrected chi connectivity index (χ3v) is 3.65. The maximum Gasteiger partial charge on any atom is 0.171 e. The minimum Gasteiger partial charge on any atom is -0.409 e. The largest absolute Gasteiger partial charge is 0.409 e. The summed E-state index contributed by atoms with van der Waals surface area (Å²) in [4.78, 5) is 9.15. The van der Waals surface area contributed by atoms with Crippen LogP contribution in [0.5, 0.6) is 0 Å². The zero-order valence-corrected chi connectivity index (χ0v) is 11.5. The number of amidine groups is 1. The minimum absolute atomic E-state index is 0.0675. The summed E-state index contributed by atoms with van der Waals surface area (Å²) in [5.41, 5.74) is 6.18. The van der Waals surface area contributed by atoms with E-state index in [0.29, 0.717) is 5.56 Å². The molecule has 0 aliphatic heterocycles. The van der Waals surface area contributed by atoms with Crippen LogP contribution in [0.4, 0.5) is 0 Å². The predicted molar refractivity (Wildman–Crippen MR) is 72.8 cm³/mol. The molecule has 0 aliphatic carbocycles. The van der Waals surface area contributed by atoms with E-state index in [4.69, 9.17) is 10.9 Å². The van der Waals surface area contributed by atoms with Gasteiger partial charge in [-0.2, -0.15) is 0 Å². The van der Waals surface area contributed by atoms with Crippen LogP contribution in [0.1, 0.15) is 5.56 Å². The van der Waals surface area contributed by atoms with Crippen molar-refractivity contribution >= 4 is 33.5 Å². The molecule has 0 saturated heterocycles. The number of nitrogens with two attached hydrogens (primary N) is 1. The Morgan fingerprint density at radius 3 is 2.83 bits per heavy atom. The number of nitrogens with zero attached hydrogens (tertiary/aromatic N) is 3. The summed E-state index contributed by atoms with van der Waals surface area (Å²) < 4.78 is 0.756. The molecule has 0 bridgehead atoms. The number of hydrogen-bond donors (Lipinski definition) is 2. The van der Waals surface area contributed by atoms with Gasteiger partial charge in [-0.05, 0) is 34.1 Å². The van der Waals surface area contributed by atoms with E-state index in [9.17, 15) is 0 Å². The van der Waals surface area contributed by atoms with E-state index in [-0.39, 0.29) is 5.84 Å². The van der Waals surface area contributed by atoms with Crippen LogP contribution in [0.25, 0.3) is 0 Å². The lowest BCUT2D eigenvalue weighted by Gasteiger charge is -2.05. The molecular formula is C11H9BrN4OS. The Bertz CT molecular complexity index is 577. The van der Waals surface area contributed by atoms with Crippen LogP contribution < -0.4 is 5.73 Å².